The predicted octanol–water partition coefficient (Wildman–Crippen LogP) is 0.701. The molecule has 2 aliphatic heterocycles. The fraction of sp³-hybridized carbons (Fsp3) is 0.611. The molecule has 1 atom stereocenters. The maximum atomic E-state index is 12.6. The number of aromatic nitrogens is 5. The predicted molar refractivity (Wildman–Crippen MR) is 98.3 cm³/mol. The van der Waals surface area contributed by atoms with E-state index in [4.69, 9.17) is 4.74 Å². The zero-order valence-electron chi connectivity index (χ0n) is 15.4. The van der Waals surface area contributed by atoms with E-state index in [2.05, 4.69) is 31.0 Å². The number of amides is 1. The smallest absolute Gasteiger partial charge is 0.224 e. The van der Waals surface area contributed by atoms with Crippen LogP contribution in [-0.4, -0.2) is 74.9 Å². The first-order valence-corrected chi connectivity index (χ1v) is 9.54. The molecule has 2 saturated heterocycles. The fourth-order valence-corrected chi connectivity index (χ4v) is 3.71. The maximum Gasteiger partial charge on any atom is 0.224 e. The second-order valence-electron chi connectivity index (χ2n) is 6.99. The van der Waals surface area contributed by atoms with Crippen LogP contribution in [0.15, 0.2) is 25.0 Å². The van der Waals surface area contributed by atoms with E-state index in [-0.39, 0.29) is 11.8 Å². The molecule has 9 heteroatoms. The van der Waals surface area contributed by atoms with Crippen molar-refractivity contribution in [2.45, 2.75) is 31.7 Å². The second-order valence-corrected chi connectivity index (χ2v) is 6.99. The normalized spacial score (nSPS) is 20.7. The highest BCUT2D eigenvalue weighted by atomic mass is 16.5. The number of morpholine rings is 1. The van der Waals surface area contributed by atoms with Gasteiger partial charge in [0.2, 0.25) is 5.91 Å². The summed E-state index contributed by atoms with van der Waals surface area (Å²) in [5.74, 6) is 1.38. The lowest BCUT2D eigenvalue weighted by molar-refractivity contribution is -0.132. The van der Waals surface area contributed by atoms with E-state index in [1.165, 1.54) is 6.33 Å². The topological polar surface area (TPSA) is 89.3 Å². The van der Waals surface area contributed by atoms with Crippen LogP contribution in [0.25, 0.3) is 0 Å². The van der Waals surface area contributed by atoms with E-state index in [0.29, 0.717) is 13.0 Å². The van der Waals surface area contributed by atoms with Gasteiger partial charge in [0, 0.05) is 44.6 Å². The van der Waals surface area contributed by atoms with Crippen molar-refractivity contribution < 1.29 is 9.53 Å². The van der Waals surface area contributed by atoms with E-state index in [9.17, 15) is 4.79 Å². The zero-order valence-corrected chi connectivity index (χ0v) is 15.4. The molecule has 144 valence electrons. The Hall–Kier alpha value is -2.55. The molecule has 1 amide bonds. The first-order valence-electron chi connectivity index (χ1n) is 9.54. The van der Waals surface area contributed by atoms with Gasteiger partial charge in [-0.05, 0) is 12.8 Å². The van der Waals surface area contributed by atoms with Gasteiger partial charge in [-0.2, -0.15) is 5.10 Å². The molecule has 0 radical (unpaired) electrons. The van der Waals surface area contributed by atoms with Crippen molar-refractivity contribution in [3.63, 3.8) is 0 Å². The quantitative estimate of drug-likeness (QED) is 0.764. The summed E-state index contributed by atoms with van der Waals surface area (Å²) < 4.78 is 7.11. The zero-order chi connectivity index (χ0) is 18.5. The molecular weight excluding hydrogens is 346 g/mol. The van der Waals surface area contributed by atoms with Gasteiger partial charge < -0.3 is 14.5 Å². The minimum atomic E-state index is 0.164. The van der Waals surface area contributed by atoms with Gasteiger partial charge in [0.1, 0.15) is 24.8 Å². The number of likely N-dealkylation sites (tertiary alicyclic amines) is 1. The van der Waals surface area contributed by atoms with Crippen LogP contribution in [0.5, 0.6) is 0 Å². The third-order valence-corrected chi connectivity index (χ3v) is 5.22. The maximum absolute atomic E-state index is 12.6. The lowest BCUT2D eigenvalue weighted by Crippen LogP contribution is -2.40. The van der Waals surface area contributed by atoms with Crippen LogP contribution >= 0.6 is 0 Å². The molecule has 4 rings (SSSR count). The average molecular weight is 371 g/mol. The number of ether oxygens (including phenoxy) is 1. The number of rotatable bonds is 5. The van der Waals surface area contributed by atoms with Crippen molar-refractivity contribution in [3.8, 4) is 0 Å². The summed E-state index contributed by atoms with van der Waals surface area (Å²) in [6.45, 7) is 5.27. The number of piperidine rings is 1. The number of carbonyl (C=O) groups is 1. The van der Waals surface area contributed by atoms with Gasteiger partial charge in [-0.3, -0.25) is 9.48 Å². The third kappa shape index (κ3) is 4.41. The lowest BCUT2D eigenvalue weighted by Gasteiger charge is -2.33. The molecule has 27 heavy (non-hydrogen) atoms. The van der Waals surface area contributed by atoms with Gasteiger partial charge in [0.15, 0.2) is 0 Å². The van der Waals surface area contributed by atoms with Crippen molar-refractivity contribution in [1.29, 1.82) is 0 Å². The highest BCUT2D eigenvalue weighted by Crippen LogP contribution is 2.27. The molecule has 0 aromatic carbocycles. The number of aryl methyl sites for hydroxylation is 1. The average Bonchev–Trinajstić information content (AvgIpc) is 3.26. The van der Waals surface area contributed by atoms with E-state index < -0.39 is 0 Å². The van der Waals surface area contributed by atoms with Crippen molar-refractivity contribution in [3.05, 3.63) is 30.7 Å². The van der Waals surface area contributed by atoms with Crippen molar-refractivity contribution in [2.75, 3.05) is 44.3 Å². The first-order chi connectivity index (χ1) is 13.3. The minimum absolute atomic E-state index is 0.164. The Morgan fingerprint density at radius 3 is 2.89 bits per heavy atom. The third-order valence-electron chi connectivity index (χ3n) is 5.22. The van der Waals surface area contributed by atoms with Crippen LogP contribution in [0, 0.1) is 0 Å². The number of carbonyl (C=O) groups excluding carboxylic acids is 1. The van der Waals surface area contributed by atoms with Crippen LogP contribution in [-0.2, 0) is 16.1 Å². The summed E-state index contributed by atoms with van der Waals surface area (Å²) in [4.78, 5) is 29.6. The molecule has 9 nitrogen and oxygen atoms in total. The number of hydrogen-bond acceptors (Lipinski definition) is 7. The lowest BCUT2D eigenvalue weighted by atomic mass is 9.94. The summed E-state index contributed by atoms with van der Waals surface area (Å²) in [6, 6.07) is 2.08. The summed E-state index contributed by atoms with van der Waals surface area (Å²) in [5.41, 5.74) is 1.03. The first kappa shape index (κ1) is 17.8. The van der Waals surface area contributed by atoms with E-state index in [0.717, 1.165) is 63.7 Å². The Kier molecular flexibility index (Phi) is 5.57. The molecule has 0 aliphatic carbocycles. The van der Waals surface area contributed by atoms with Gasteiger partial charge in [-0.1, -0.05) is 0 Å². The van der Waals surface area contributed by atoms with Gasteiger partial charge in [0.05, 0.1) is 25.5 Å². The van der Waals surface area contributed by atoms with Gasteiger partial charge in [-0.15, -0.1) is 0 Å². The van der Waals surface area contributed by atoms with Gasteiger partial charge in [0.25, 0.3) is 0 Å². The van der Waals surface area contributed by atoms with Gasteiger partial charge in [-0.25, -0.2) is 15.0 Å². The number of hydrogen-bond donors (Lipinski definition) is 0. The SMILES string of the molecule is O=C(CCn1cncn1)N1CCC[C@@H](c2cc(N3CCOCC3)ncn2)C1. The van der Waals surface area contributed by atoms with Crippen LogP contribution in [0.4, 0.5) is 5.82 Å². The second kappa shape index (κ2) is 8.43. The Morgan fingerprint density at radius 1 is 1.19 bits per heavy atom. The molecule has 0 spiro atoms. The number of nitrogens with zero attached hydrogens (tertiary/aromatic N) is 7. The van der Waals surface area contributed by atoms with Crippen LogP contribution in [0.2, 0.25) is 0 Å². The molecule has 0 bridgehead atoms. The largest absolute Gasteiger partial charge is 0.378 e. The Morgan fingerprint density at radius 2 is 2.07 bits per heavy atom. The van der Waals surface area contributed by atoms with Crippen LogP contribution < -0.4 is 4.90 Å². The molecule has 0 unspecified atom stereocenters. The molecule has 0 N–H and O–H groups in total. The molecule has 2 aliphatic rings. The fourth-order valence-electron chi connectivity index (χ4n) is 3.71. The standard InChI is InChI=1S/C18H25N7O2/c26-18(3-5-25-14-19-12-22-25)24-4-1-2-15(11-24)16-10-17(21-13-20-16)23-6-8-27-9-7-23/h10,12-15H,1-9,11H2/t15-/m1/s1. The van der Waals surface area contributed by atoms with Gasteiger partial charge >= 0.3 is 0 Å². The summed E-state index contributed by atoms with van der Waals surface area (Å²) >= 11 is 0. The van der Waals surface area contributed by atoms with Crippen LogP contribution in [0.1, 0.15) is 30.9 Å². The minimum Gasteiger partial charge on any atom is -0.378 e. The molecule has 0 saturated carbocycles. The van der Waals surface area contributed by atoms with Crippen LogP contribution in [0.3, 0.4) is 0 Å². The van der Waals surface area contributed by atoms with Crippen molar-refractivity contribution in [1.82, 2.24) is 29.6 Å². The Bertz CT molecular complexity index is 746. The summed E-state index contributed by atoms with van der Waals surface area (Å²) in [6.07, 6.45) is 7.26. The molecule has 2 aromatic heterocycles. The van der Waals surface area contributed by atoms with E-state index in [1.54, 1.807) is 17.3 Å². The highest BCUT2D eigenvalue weighted by Gasteiger charge is 2.26. The van der Waals surface area contributed by atoms with E-state index >= 15 is 0 Å². The Labute approximate surface area is 158 Å². The number of anilines is 1. The summed E-state index contributed by atoms with van der Waals surface area (Å²) in [7, 11) is 0. The highest BCUT2D eigenvalue weighted by molar-refractivity contribution is 5.76. The molecular formula is C18H25N7O2. The van der Waals surface area contributed by atoms with E-state index in [1.807, 2.05) is 4.90 Å². The van der Waals surface area contributed by atoms with Crippen molar-refractivity contribution in [2.24, 2.45) is 0 Å². The molecule has 2 fully saturated rings. The molecule has 4 heterocycles. The Balaban J connectivity index is 1.38. The molecule has 2 aromatic rings. The van der Waals surface area contributed by atoms with Crippen molar-refractivity contribution >= 4 is 11.7 Å². The monoisotopic (exact) mass is 371 g/mol. The summed E-state index contributed by atoms with van der Waals surface area (Å²) in [5, 5.41) is 4.05.